The van der Waals surface area contributed by atoms with Crippen LogP contribution in [0, 0.1) is 5.41 Å². The van der Waals surface area contributed by atoms with E-state index in [-0.39, 0.29) is 18.4 Å². The van der Waals surface area contributed by atoms with E-state index in [4.69, 9.17) is 0 Å². The van der Waals surface area contributed by atoms with E-state index in [9.17, 15) is 18.9 Å². The van der Waals surface area contributed by atoms with Gasteiger partial charge in [-0.25, -0.2) is 0 Å². The molecule has 2 N–H and O–H groups in total. The monoisotopic (exact) mass is 317 g/mol. The minimum absolute atomic E-state index is 0.0574. The molecule has 1 amide bonds. The van der Waals surface area contributed by atoms with Gasteiger partial charge in [-0.05, 0) is 26.2 Å². The van der Waals surface area contributed by atoms with Gasteiger partial charge < -0.3 is 10.4 Å². The molecule has 6 heteroatoms. The van der Waals surface area contributed by atoms with Gasteiger partial charge in [0.2, 0.25) is 5.91 Å². The minimum atomic E-state index is -0.895. The predicted molar refractivity (Wildman–Crippen MR) is 83.5 cm³/mol. The molecule has 0 aliphatic heterocycles. The molecule has 1 rings (SSSR count). The number of carboxylic acids is 1. The van der Waals surface area contributed by atoms with Crippen molar-refractivity contribution in [3.8, 4) is 0 Å². The van der Waals surface area contributed by atoms with E-state index in [1.54, 1.807) is 6.26 Å². The van der Waals surface area contributed by atoms with Crippen molar-refractivity contribution in [2.45, 2.75) is 64.3 Å². The second-order valence-corrected chi connectivity index (χ2v) is 7.77. The fourth-order valence-corrected chi connectivity index (χ4v) is 3.61. The highest BCUT2D eigenvalue weighted by molar-refractivity contribution is 7.84. The van der Waals surface area contributed by atoms with Gasteiger partial charge in [0.05, 0.1) is 5.41 Å². The van der Waals surface area contributed by atoms with Crippen molar-refractivity contribution in [3.63, 3.8) is 0 Å². The van der Waals surface area contributed by atoms with Crippen LogP contribution in [0.4, 0.5) is 0 Å². The number of hydrogen-bond acceptors (Lipinski definition) is 3. The smallest absolute Gasteiger partial charge is 0.310 e. The summed E-state index contributed by atoms with van der Waals surface area (Å²) in [6.45, 7) is 1.87. The number of nitrogens with one attached hydrogen (secondary N) is 1. The second-order valence-electron chi connectivity index (χ2n) is 6.21. The third-order valence-electron chi connectivity index (χ3n) is 4.26. The van der Waals surface area contributed by atoms with E-state index < -0.39 is 22.2 Å². The van der Waals surface area contributed by atoms with E-state index >= 15 is 0 Å². The molecule has 0 aromatic rings. The van der Waals surface area contributed by atoms with Crippen LogP contribution in [0.15, 0.2) is 0 Å². The van der Waals surface area contributed by atoms with Crippen LogP contribution in [0.1, 0.15) is 58.3 Å². The number of aliphatic carboxylic acids is 1. The van der Waals surface area contributed by atoms with Crippen LogP contribution in [0.25, 0.3) is 0 Å². The summed E-state index contributed by atoms with van der Waals surface area (Å²) >= 11 is 0. The van der Waals surface area contributed by atoms with Crippen LogP contribution >= 0.6 is 0 Å². The van der Waals surface area contributed by atoms with E-state index in [1.807, 2.05) is 6.92 Å². The number of carbonyl (C=O) groups excluding carboxylic acids is 1. The van der Waals surface area contributed by atoms with Crippen molar-refractivity contribution in [2.24, 2.45) is 5.41 Å². The average Bonchev–Trinajstić information content (AvgIpc) is 2.62. The summed E-state index contributed by atoms with van der Waals surface area (Å²) in [5, 5.41) is 12.4. The van der Waals surface area contributed by atoms with Gasteiger partial charge in [-0.2, -0.15) is 0 Å². The molecule has 21 heavy (non-hydrogen) atoms. The zero-order chi connectivity index (χ0) is 15.9. The Hall–Kier alpha value is -0.910. The van der Waals surface area contributed by atoms with Gasteiger partial charge in [-0.1, -0.05) is 25.7 Å². The van der Waals surface area contributed by atoms with Crippen LogP contribution in [-0.4, -0.2) is 39.2 Å². The van der Waals surface area contributed by atoms with E-state index in [0.717, 1.165) is 25.7 Å². The fourth-order valence-electron chi connectivity index (χ4n) is 2.92. The van der Waals surface area contributed by atoms with Gasteiger partial charge in [0.15, 0.2) is 0 Å². The summed E-state index contributed by atoms with van der Waals surface area (Å²) in [5.41, 5.74) is -0.895. The maximum atomic E-state index is 12.1. The Morgan fingerprint density at radius 2 is 1.81 bits per heavy atom. The SMILES string of the molecule is CC(CCS(C)=O)NC(=O)CC1(C(=O)O)CCCCCC1. The molecule has 0 saturated heterocycles. The lowest BCUT2D eigenvalue weighted by Crippen LogP contribution is -2.40. The number of hydrogen-bond donors (Lipinski definition) is 2. The summed E-state index contributed by atoms with van der Waals surface area (Å²) in [6, 6.07) is -0.0713. The second kappa shape index (κ2) is 8.51. The molecule has 0 heterocycles. The standard InChI is InChI=1S/C15H27NO4S/c1-12(7-10-21(2)20)16-13(17)11-15(14(18)19)8-5-3-4-6-9-15/h12H,3-11H2,1-2H3,(H,16,17)(H,18,19). The van der Waals surface area contributed by atoms with Crippen molar-refractivity contribution in [1.82, 2.24) is 5.32 Å². The van der Waals surface area contributed by atoms with Crippen LogP contribution in [0.3, 0.4) is 0 Å². The first kappa shape index (κ1) is 18.1. The van der Waals surface area contributed by atoms with Crippen molar-refractivity contribution in [3.05, 3.63) is 0 Å². The van der Waals surface area contributed by atoms with Crippen LogP contribution in [0.2, 0.25) is 0 Å². The Bertz CT molecular complexity index is 389. The van der Waals surface area contributed by atoms with Crippen LogP contribution < -0.4 is 5.32 Å². The molecule has 122 valence electrons. The lowest BCUT2D eigenvalue weighted by atomic mass is 9.77. The molecule has 0 spiro atoms. The molecule has 0 radical (unpaired) electrons. The number of rotatable bonds is 7. The first-order valence-corrected chi connectivity index (χ1v) is 9.41. The quantitative estimate of drug-likeness (QED) is 0.704. The van der Waals surface area contributed by atoms with Crippen LogP contribution in [-0.2, 0) is 20.4 Å². The first-order valence-electron chi connectivity index (χ1n) is 7.68. The minimum Gasteiger partial charge on any atom is -0.481 e. The Balaban J connectivity index is 2.56. The van der Waals surface area contributed by atoms with Gasteiger partial charge in [0, 0.05) is 35.3 Å². The molecule has 0 aromatic carbocycles. The van der Waals surface area contributed by atoms with Gasteiger partial charge in [-0.3, -0.25) is 13.8 Å². The number of carboxylic acid groups (broad SMARTS) is 1. The van der Waals surface area contributed by atoms with E-state index in [2.05, 4.69) is 5.32 Å². The molecule has 1 saturated carbocycles. The van der Waals surface area contributed by atoms with Gasteiger partial charge in [-0.15, -0.1) is 0 Å². The maximum absolute atomic E-state index is 12.1. The summed E-state index contributed by atoms with van der Waals surface area (Å²) in [7, 11) is -0.871. The molecule has 0 aromatic heterocycles. The molecule has 1 fully saturated rings. The van der Waals surface area contributed by atoms with E-state index in [0.29, 0.717) is 25.0 Å². The summed E-state index contributed by atoms with van der Waals surface area (Å²) in [5.74, 6) is -0.499. The zero-order valence-electron chi connectivity index (χ0n) is 13.0. The largest absolute Gasteiger partial charge is 0.481 e. The Kier molecular flexibility index (Phi) is 7.35. The number of amides is 1. The molecule has 2 unspecified atom stereocenters. The van der Waals surface area contributed by atoms with Crippen molar-refractivity contribution < 1.29 is 18.9 Å². The van der Waals surface area contributed by atoms with Gasteiger partial charge >= 0.3 is 5.97 Å². The Labute approximate surface area is 129 Å². The average molecular weight is 317 g/mol. The Morgan fingerprint density at radius 3 is 2.29 bits per heavy atom. The molecular weight excluding hydrogens is 290 g/mol. The highest BCUT2D eigenvalue weighted by Crippen LogP contribution is 2.38. The molecule has 1 aliphatic carbocycles. The van der Waals surface area contributed by atoms with Crippen molar-refractivity contribution in [2.75, 3.05) is 12.0 Å². The van der Waals surface area contributed by atoms with Crippen LogP contribution in [0.5, 0.6) is 0 Å². The topological polar surface area (TPSA) is 83.5 Å². The Morgan fingerprint density at radius 1 is 1.24 bits per heavy atom. The lowest BCUT2D eigenvalue weighted by molar-refractivity contribution is -0.153. The predicted octanol–water partition coefficient (Wildman–Crippen LogP) is 2.07. The normalized spacial score (nSPS) is 21.0. The highest BCUT2D eigenvalue weighted by atomic mass is 32.2. The number of carbonyl (C=O) groups is 2. The summed E-state index contributed by atoms with van der Waals surface area (Å²) in [6.07, 6.45) is 7.38. The molecule has 0 bridgehead atoms. The molecular formula is C15H27NO4S. The third-order valence-corrected chi connectivity index (χ3v) is 5.07. The summed E-state index contributed by atoms with van der Waals surface area (Å²) < 4.78 is 11.1. The molecule has 5 nitrogen and oxygen atoms in total. The van der Waals surface area contributed by atoms with Crippen molar-refractivity contribution in [1.29, 1.82) is 0 Å². The molecule has 2 atom stereocenters. The highest BCUT2D eigenvalue weighted by Gasteiger charge is 2.40. The fraction of sp³-hybridized carbons (Fsp3) is 0.867. The van der Waals surface area contributed by atoms with Crippen molar-refractivity contribution >= 4 is 22.7 Å². The van der Waals surface area contributed by atoms with Gasteiger partial charge in [0.1, 0.15) is 0 Å². The molecule has 1 aliphatic rings. The van der Waals surface area contributed by atoms with E-state index in [1.165, 1.54) is 0 Å². The lowest BCUT2D eigenvalue weighted by Gasteiger charge is -2.28. The van der Waals surface area contributed by atoms with Gasteiger partial charge in [0.25, 0.3) is 0 Å². The first-order chi connectivity index (χ1) is 9.85. The third kappa shape index (κ3) is 6.16. The summed E-state index contributed by atoms with van der Waals surface area (Å²) in [4.78, 5) is 23.8. The maximum Gasteiger partial charge on any atom is 0.310 e. The zero-order valence-corrected chi connectivity index (χ0v) is 13.8.